The molecule has 2 aliphatic heterocycles. The molecule has 4 heterocycles. The van der Waals surface area contributed by atoms with Crippen LogP contribution in [0.2, 0.25) is 5.15 Å². The zero-order valence-electron chi connectivity index (χ0n) is 14.4. The van der Waals surface area contributed by atoms with Crippen molar-refractivity contribution < 1.29 is 0 Å². The lowest BCUT2D eigenvalue weighted by Crippen LogP contribution is -2.14. The van der Waals surface area contributed by atoms with E-state index >= 15 is 0 Å². The smallest absolute Gasteiger partial charge is 0.327 e. The van der Waals surface area contributed by atoms with Crippen molar-refractivity contribution in [2.24, 2.45) is 0 Å². The summed E-state index contributed by atoms with van der Waals surface area (Å²) >= 11 is 5.84. The highest BCUT2D eigenvalue weighted by Gasteiger charge is 2.19. The van der Waals surface area contributed by atoms with Gasteiger partial charge in [-0.25, -0.2) is 9.78 Å². The van der Waals surface area contributed by atoms with Crippen molar-refractivity contribution in [1.29, 1.82) is 0 Å². The Morgan fingerprint density at radius 1 is 1.19 bits per heavy atom. The number of rotatable bonds is 4. The number of pyridine rings is 2. The second-order valence-electron chi connectivity index (χ2n) is 6.34. The summed E-state index contributed by atoms with van der Waals surface area (Å²) in [6, 6.07) is 7.65. The molecule has 7 nitrogen and oxygen atoms in total. The maximum absolute atomic E-state index is 12.5. The Hall–Kier alpha value is -2.93. The van der Waals surface area contributed by atoms with Crippen LogP contribution in [-0.2, 0) is 6.54 Å². The molecule has 0 saturated carbocycles. The van der Waals surface area contributed by atoms with Gasteiger partial charge in [-0.15, -0.1) is 0 Å². The van der Waals surface area contributed by atoms with Gasteiger partial charge in [-0.3, -0.25) is 9.25 Å². The van der Waals surface area contributed by atoms with Crippen molar-refractivity contribution in [3.05, 3.63) is 70.3 Å². The molecule has 0 amide bonds. The zero-order chi connectivity index (χ0) is 18.3. The molecule has 0 radical (unpaired) electrons. The number of nitrogens with zero attached hydrogens (tertiary/aromatic N) is 6. The molecule has 2 aromatic rings. The Bertz CT molecular complexity index is 1080. The summed E-state index contributed by atoms with van der Waals surface area (Å²) in [7, 11) is 0. The van der Waals surface area contributed by atoms with Crippen LogP contribution in [-0.4, -0.2) is 28.9 Å². The Kier molecular flexibility index (Phi) is 4.08. The third-order valence-electron chi connectivity index (χ3n) is 4.17. The predicted molar refractivity (Wildman–Crippen MR) is 99.0 cm³/mol. The molecular formula is C18H17ClN6O. The second-order valence-corrected chi connectivity index (χ2v) is 6.72. The second kappa shape index (κ2) is 6.42. The largest absolute Gasteiger partial charge is 0.354 e. The summed E-state index contributed by atoms with van der Waals surface area (Å²) in [5.41, 5.74) is 2.10. The van der Waals surface area contributed by atoms with Gasteiger partial charge in [0.05, 0.1) is 24.1 Å². The normalized spacial score (nSPS) is 11.5. The van der Waals surface area contributed by atoms with Crippen LogP contribution in [0.3, 0.4) is 0 Å². The van der Waals surface area contributed by atoms with Crippen LogP contribution in [0.15, 0.2) is 53.8 Å². The fourth-order valence-corrected chi connectivity index (χ4v) is 2.98. The van der Waals surface area contributed by atoms with Gasteiger partial charge < -0.3 is 4.57 Å². The molecule has 2 aromatic heterocycles. The summed E-state index contributed by atoms with van der Waals surface area (Å²) in [6.07, 6.45) is 7.15. The first-order valence-electron chi connectivity index (χ1n) is 8.26. The van der Waals surface area contributed by atoms with Crippen LogP contribution < -0.4 is 5.69 Å². The Morgan fingerprint density at radius 3 is 2.73 bits per heavy atom. The van der Waals surface area contributed by atoms with Crippen LogP contribution in [0.5, 0.6) is 0 Å². The molecule has 0 fully saturated rings. The van der Waals surface area contributed by atoms with E-state index in [0.717, 1.165) is 11.3 Å². The minimum atomic E-state index is -0.322. The fraction of sp³-hybridized carbons (Fsp3) is 0.222. The van der Waals surface area contributed by atoms with E-state index in [-0.39, 0.29) is 11.7 Å². The lowest BCUT2D eigenvalue weighted by Gasteiger charge is -2.12. The summed E-state index contributed by atoms with van der Waals surface area (Å²) in [6.45, 7) is 4.62. The maximum Gasteiger partial charge on any atom is 0.354 e. The van der Waals surface area contributed by atoms with Gasteiger partial charge in [-0.2, -0.15) is 10.1 Å². The van der Waals surface area contributed by atoms with Gasteiger partial charge in [-0.1, -0.05) is 17.7 Å². The van der Waals surface area contributed by atoms with E-state index in [9.17, 15) is 4.79 Å². The first kappa shape index (κ1) is 16.5. The number of hydrogen-bond acceptors (Lipinski definition) is 4. The molecule has 8 heteroatoms. The quantitative estimate of drug-likeness (QED) is 0.519. The SMILES string of the molecule is CC(C)n1cc(-n2c3cccn(Cc4ccc(Cl)nc4)c-3nc2=O)cn1. The zero-order valence-corrected chi connectivity index (χ0v) is 15.1. The average molecular weight is 369 g/mol. The van der Waals surface area contributed by atoms with Gasteiger partial charge in [0.15, 0.2) is 5.82 Å². The van der Waals surface area contributed by atoms with Crippen molar-refractivity contribution in [3.8, 4) is 17.2 Å². The summed E-state index contributed by atoms with van der Waals surface area (Å²) in [4.78, 5) is 20.9. The highest BCUT2D eigenvalue weighted by molar-refractivity contribution is 6.29. The summed E-state index contributed by atoms with van der Waals surface area (Å²) < 4.78 is 5.32. The molecular weight excluding hydrogens is 352 g/mol. The number of imidazole rings is 1. The minimum absolute atomic E-state index is 0.218. The minimum Gasteiger partial charge on any atom is -0.327 e. The molecule has 26 heavy (non-hydrogen) atoms. The molecule has 0 saturated heterocycles. The standard InChI is InChI=1S/C18H17ClN6O/c1-12(2)24-11-14(9-21-24)25-15-4-3-7-23(17(15)22-18(25)26)10-13-5-6-16(19)20-8-13/h3-9,11-12H,10H2,1-2H3. The van der Waals surface area contributed by atoms with Crippen molar-refractivity contribution in [2.45, 2.75) is 26.4 Å². The van der Waals surface area contributed by atoms with Gasteiger partial charge in [0.25, 0.3) is 0 Å². The number of fused-ring (bicyclic) bond motifs is 1. The van der Waals surface area contributed by atoms with Crippen LogP contribution in [0.25, 0.3) is 17.2 Å². The van der Waals surface area contributed by atoms with Gasteiger partial charge in [0, 0.05) is 24.6 Å². The third kappa shape index (κ3) is 2.90. The van der Waals surface area contributed by atoms with Gasteiger partial charge in [-0.05, 0) is 37.6 Å². The van der Waals surface area contributed by atoms with Crippen LogP contribution in [0, 0.1) is 0 Å². The molecule has 4 rings (SSSR count). The number of aromatic nitrogens is 6. The highest BCUT2D eigenvalue weighted by atomic mass is 35.5. The molecule has 2 aliphatic rings. The van der Waals surface area contributed by atoms with E-state index in [0.29, 0.717) is 23.2 Å². The van der Waals surface area contributed by atoms with E-state index in [1.54, 1.807) is 23.0 Å². The molecule has 0 N–H and O–H groups in total. The van der Waals surface area contributed by atoms with Crippen molar-refractivity contribution >= 4 is 11.6 Å². The Morgan fingerprint density at radius 2 is 2.04 bits per heavy atom. The summed E-state index contributed by atoms with van der Waals surface area (Å²) in [5.74, 6) is 0.616. The van der Waals surface area contributed by atoms with E-state index in [2.05, 4.69) is 15.1 Å². The van der Waals surface area contributed by atoms with Crippen molar-refractivity contribution in [1.82, 2.24) is 28.9 Å². The van der Waals surface area contributed by atoms with Crippen LogP contribution in [0.1, 0.15) is 25.5 Å². The van der Waals surface area contributed by atoms with Gasteiger partial charge in [0.1, 0.15) is 5.15 Å². The molecule has 0 aliphatic carbocycles. The first-order chi connectivity index (χ1) is 12.5. The Labute approximate surface area is 154 Å². The van der Waals surface area contributed by atoms with E-state index in [4.69, 9.17) is 11.6 Å². The molecule has 0 unspecified atom stereocenters. The predicted octanol–water partition coefficient (Wildman–Crippen LogP) is 3.01. The number of halogens is 1. The van der Waals surface area contributed by atoms with Gasteiger partial charge in [0.2, 0.25) is 0 Å². The summed E-state index contributed by atoms with van der Waals surface area (Å²) in [5, 5.41) is 4.77. The number of hydrogen-bond donors (Lipinski definition) is 0. The molecule has 0 bridgehead atoms. The Balaban J connectivity index is 1.75. The molecule has 0 atom stereocenters. The average Bonchev–Trinajstić information content (AvgIpc) is 3.21. The highest BCUT2D eigenvalue weighted by Crippen LogP contribution is 2.22. The molecule has 0 aromatic carbocycles. The lowest BCUT2D eigenvalue weighted by molar-refractivity contribution is 0.532. The fourth-order valence-electron chi connectivity index (χ4n) is 2.87. The molecule has 0 spiro atoms. The maximum atomic E-state index is 12.5. The van der Waals surface area contributed by atoms with Crippen LogP contribution >= 0.6 is 11.6 Å². The van der Waals surface area contributed by atoms with Crippen molar-refractivity contribution in [3.63, 3.8) is 0 Å². The van der Waals surface area contributed by atoms with E-state index < -0.39 is 0 Å². The third-order valence-corrected chi connectivity index (χ3v) is 4.40. The first-order valence-corrected chi connectivity index (χ1v) is 8.63. The monoisotopic (exact) mass is 368 g/mol. The van der Waals surface area contributed by atoms with Gasteiger partial charge >= 0.3 is 5.69 Å². The molecule has 132 valence electrons. The lowest BCUT2D eigenvalue weighted by atomic mass is 10.2. The van der Waals surface area contributed by atoms with E-state index in [1.807, 2.05) is 53.7 Å². The van der Waals surface area contributed by atoms with Crippen LogP contribution in [0.4, 0.5) is 0 Å². The topological polar surface area (TPSA) is 70.5 Å². The van der Waals surface area contributed by atoms with Crippen molar-refractivity contribution in [2.75, 3.05) is 0 Å². The van der Waals surface area contributed by atoms with E-state index in [1.165, 1.54) is 0 Å².